The lowest BCUT2D eigenvalue weighted by molar-refractivity contribution is -0.136. The van der Waals surface area contributed by atoms with Crippen molar-refractivity contribution in [1.82, 2.24) is 0 Å². The van der Waals surface area contributed by atoms with Gasteiger partial charge in [0.25, 0.3) is 0 Å². The van der Waals surface area contributed by atoms with E-state index in [2.05, 4.69) is 6.92 Å². The summed E-state index contributed by atoms with van der Waals surface area (Å²) in [6.45, 7) is 3.79. The van der Waals surface area contributed by atoms with Crippen molar-refractivity contribution in [1.29, 1.82) is 0 Å². The van der Waals surface area contributed by atoms with Gasteiger partial charge in [0, 0.05) is 6.42 Å². The van der Waals surface area contributed by atoms with Crippen LogP contribution in [0.5, 0.6) is 0 Å². The van der Waals surface area contributed by atoms with Gasteiger partial charge in [-0.05, 0) is 18.8 Å². The van der Waals surface area contributed by atoms with Crippen LogP contribution in [0.1, 0.15) is 33.1 Å². The lowest BCUT2D eigenvalue weighted by Gasteiger charge is -1.71. The van der Waals surface area contributed by atoms with Gasteiger partial charge in [-0.15, -0.1) is 0 Å². The first-order valence-electron chi connectivity index (χ1n) is 3.20. The van der Waals surface area contributed by atoms with Crippen molar-refractivity contribution in [3.8, 4) is 0 Å². The Morgan fingerprint density at radius 1 is 1.67 bits per heavy atom. The van der Waals surface area contributed by atoms with E-state index in [0.29, 0.717) is 0 Å². The minimum absolute atomic E-state index is 0.222. The Bertz CT molecular complexity index is 84.9. The second-order valence-electron chi connectivity index (χ2n) is 2.20. The molecule has 0 aliphatic heterocycles. The molecule has 2 heteroatoms. The average Bonchev–Trinajstić information content (AvgIpc) is 2.53. The molecule has 0 amide bonds. The molecule has 0 aromatic heterocycles. The van der Waals surface area contributed by atoms with Gasteiger partial charge >= 0.3 is 5.97 Å². The number of carboxylic acids is 1. The molecule has 1 N–H and O–H groups in total. The number of hydrogen-bond donors (Lipinski definition) is 1. The molecule has 53 valence electrons. The third-order valence-electron chi connectivity index (χ3n) is 1.05. The summed E-state index contributed by atoms with van der Waals surface area (Å²) in [4.78, 5) is 9.37. The SMILES string of the molecule is CCC(=O)O.C[C]1CC1. The highest BCUT2D eigenvalue weighted by Gasteiger charge is 2.13. The molecule has 1 radical (unpaired) electrons. The minimum atomic E-state index is -0.745. The number of carboxylic acid groups (broad SMARTS) is 1. The molecule has 9 heavy (non-hydrogen) atoms. The van der Waals surface area contributed by atoms with Crippen LogP contribution in [0.4, 0.5) is 0 Å². The van der Waals surface area contributed by atoms with Gasteiger partial charge < -0.3 is 5.11 Å². The summed E-state index contributed by atoms with van der Waals surface area (Å²) in [5, 5.41) is 7.72. The average molecular weight is 129 g/mol. The van der Waals surface area contributed by atoms with Crippen molar-refractivity contribution in [3.05, 3.63) is 5.92 Å². The molecular weight excluding hydrogens is 116 g/mol. The van der Waals surface area contributed by atoms with E-state index in [4.69, 9.17) is 5.11 Å². The molecule has 1 aliphatic carbocycles. The Morgan fingerprint density at radius 2 is 1.89 bits per heavy atom. The van der Waals surface area contributed by atoms with Crippen LogP contribution in [-0.4, -0.2) is 11.1 Å². The normalized spacial score (nSPS) is 15.8. The number of aliphatic carboxylic acids is 1. The van der Waals surface area contributed by atoms with Crippen LogP contribution in [0.25, 0.3) is 0 Å². The summed E-state index contributed by atoms with van der Waals surface area (Å²) in [5.74, 6) is 0.921. The van der Waals surface area contributed by atoms with E-state index < -0.39 is 5.97 Å². The number of rotatable bonds is 1. The van der Waals surface area contributed by atoms with Gasteiger partial charge in [0.2, 0.25) is 0 Å². The second kappa shape index (κ2) is 4.36. The molecule has 0 bridgehead atoms. The highest BCUT2D eigenvalue weighted by molar-refractivity contribution is 5.66. The zero-order valence-corrected chi connectivity index (χ0v) is 5.98. The molecule has 0 unspecified atom stereocenters. The predicted octanol–water partition coefficient (Wildman–Crippen LogP) is 1.86. The first-order chi connectivity index (χ1) is 4.16. The monoisotopic (exact) mass is 129 g/mol. The zero-order chi connectivity index (χ0) is 7.28. The highest BCUT2D eigenvalue weighted by atomic mass is 16.4. The first-order valence-corrected chi connectivity index (χ1v) is 3.20. The zero-order valence-electron chi connectivity index (χ0n) is 5.98. The van der Waals surface area contributed by atoms with Gasteiger partial charge in [-0.2, -0.15) is 0 Å². The topological polar surface area (TPSA) is 37.3 Å². The number of carbonyl (C=O) groups is 1. The number of hydrogen-bond acceptors (Lipinski definition) is 1. The summed E-state index contributed by atoms with van der Waals surface area (Å²) >= 11 is 0. The van der Waals surface area contributed by atoms with Crippen LogP contribution in [0.15, 0.2) is 0 Å². The van der Waals surface area contributed by atoms with Crippen molar-refractivity contribution in [2.45, 2.75) is 33.1 Å². The lowest BCUT2D eigenvalue weighted by Crippen LogP contribution is -1.86. The summed E-state index contributed by atoms with van der Waals surface area (Å²) in [7, 11) is 0. The molecule has 0 atom stereocenters. The summed E-state index contributed by atoms with van der Waals surface area (Å²) < 4.78 is 0. The van der Waals surface area contributed by atoms with E-state index in [1.54, 1.807) is 12.8 Å². The molecule has 0 saturated heterocycles. The van der Waals surface area contributed by atoms with E-state index in [0.717, 1.165) is 0 Å². The van der Waals surface area contributed by atoms with Gasteiger partial charge in [0.15, 0.2) is 0 Å². The molecular formula is C7H13O2. The maximum absolute atomic E-state index is 9.37. The van der Waals surface area contributed by atoms with E-state index in [1.165, 1.54) is 12.8 Å². The molecule has 2 nitrogen and oxygen atoms in total. The Kier molecular flexibility index (Phi) is 4.10. The minimum Gasteiger partial charge on any atom is -0.481 e. The molecule has 1 fully saturated rings. The Labute approximate surface area is 55.9 Å². The van der Waals surface area contributed by atoms with Gasteiger partial charge in [-0.3, -0.25) is 4.79 Å². The summed E-state index contributed by atoms with van der Waals surface area (Å²) in [5.41, 5.74) is 0. The standard InChI is InChI=1S/C4H7.C3H6O2/c1-4-2-3-4;1-2-3(4)5/h2-3H2,1H3;2H2,1H3,(H,4,5). The second-order valence-corrected chi connectivity index (χ2v) is 2.20. The van der Waals surface area contributed by atoms with Crippen molar-refractivity contribution >= 4 is 5.97 Å². The van der Waals surface area contributed by atoms with Crippen LogP contribution in [0.2, 0.25) is 0 Å². The van der Waals surface area contributed by atoms with Crippen molar-refractivity contribution in [3.63, 3.8) is 0 Å². The van der Waals surface area contributed by atoms with Crippen molar-refractivity contribution in [2.75, 3.05) is 0 Å². The fraction of sp³-hybridized carbons (Fsp3) is 0.714. The van der Waals surface area contributed by atoms with Crippen LogP contribution >= 0.6 is 0 Å². The Hall–Kier alpha value is -0.530. The summed E-state index contributed by atoms with van der Waals surface area (Å²) in [6.07, 6.45) is 3.03. The molecule has 0 aromatic carbocycles. The van der Waals surface area contributed by atoms with Crippen LogP contribution in [-0.2, 0) is 4.79 Å². The third-order valence-corrected chi connectivity index (χ3v) is 1.05. The summed E-state index contributed by atoms with van der Waals surface area (Å²) in [6, 6.07) is 0. The maximum Gasteiger partial charge on any atom is 0.303 e. The van der Waals surface area contributed by atoms with Gasteiger partial charge in [0.1, 0.15) is 0 Å². The Balaban J connectivity index is 0.000000144. The fourth-order valence-corrected chi connectivity index (χ4v) is 0.125. The lowest BCUT2D eigenvalue weighted by atomic mass is 10.5. The van der Waals surface area contributed by atoms with Gasteiger partial charge in [-0.1, -0.05) is 13.8 Å². The molecule has 0 aromatic rings. The van der Waals surface area contributed by atoms with E-state index in [9.17, 15) is 4.79 Å². The quantitative estimate of drug-likeness (QED) is 0.586. The van der Waals surface area contributed by atoms with Crippen LogP contribution in [0.3, 0.4) is 0 Å². The van der Waals surface area contributed by atoms with Gasteiger partial charge in [0.05, 0.1) is 0 Å². The first kappa shape index (κ1) is 8.47. The molecule has 0 heterocycles. The predicted molar refractivity (Wildman–Crippen MR) is 36.1 cm³/mol. The molecule has 1 saturated carbocycles. The van der Waals surface area contributed by atoms with Crippen LogP contribution in [0, 0.1) is 5.92 Å². The fourth-order valence-electron chi connectivity index (χ4n) is 0.125. The van der Waals surface area contributed by atoms with Crippen molar-refractivity contribution < 1.29 is 9.90 Å². The molecule has 1 aliphatic rings. The van der Waals surface area contributed by atoms with E-state index in [-0.39, 0.29) is 6.42 Å². The van der Waals surface area contributed by atoms with Crippen LogP contribution < -0.4 is 0 Å². The van der Waals surface area contributed by atoms with Gasteiger partial charge in [-0.25, -0.2) is 0 Å². The molecule has 1 rings (SSSR count). The van der Waals surface area contributed by atoms with Crippen molar-refractivity contribution in [2.24, 2.45) is 0 Å². The highest BCUT2D eigenvalue weighted by Crippen LogP contribution is 2.29. The Morgan fingerprint density at radius 3 is 1.89 bits per heavy atom. The largest absolute Gasteiger partial charge is 0.481 e. The van der Waals surface area contributed by atoms with E-state index in [1.807, 2.05) is 0 Å². The smallest absolute Gasteiger partial charge is 0.303 e. The third kappa shape index (κ3) is 11.2. The maximum atomic E-state index is 9.37. The molecule has 0 spiro atoms. The van der Waals surface area contributed by atoms with E-state index >= 15 is 0 Å².